The molecule has 1 aliphatic rings. The van der Waals surface area contributed by atoms with Gasteiger partial charge in [-0.1, -0.05) is 0 Å². The Morgan fingerprint density at radius 1 is 1.29 bits per heavy atom. The van der Waals surface area contributed by atoms with Gasteiger partial charge in [-0.2, -0.15) is 0 Å². The fraction of sp³-hybridized carbons (Fsp3) is 0.462. The number of rotatable bonds is 2. The molecule has 0 aliphatic carbocycles. The van der Waals surface area contributed by atoms with Gasteiger partial charge in [0, 0.05) is 16.9 Å². The van der Waals surface area contributed by atoms with Gasteiger partial charge in [0.1, 0.15) is 5.65 Å². The molecule has 1 N–H and O–H groups in total. The number of halogens is 1. The second-order valence-electron chi connectivity index (χ2n) is 4.74. The largest absolute Gasteiger partial charge is 0.317 e. The van der Waals surface area contributed by atoms with Crippen molar-refractivity contribution in [2.75, 3.05) is 13.1 Å². The molecule has 3 rings (SSSR count). The minimum atomic E-state index is 0.796. The normalized spacial score (nSPS) is 17.7. The number of piperidine rings is 1. The van der Waals surface area contributed by atoms with Crippen LogP contribution < -0.4 is 5.32 Å². The Balaban J connectivity index is 1.80. The molecule has 1 fully saturated rings. The average Bonchev–Trinajstić information content (AvgIpc) is 2.71. The van der Waals surface area contributed by atoms with Gasteiger partial charge in [0.05, 0.1) is 5.69 Å². The van der Waals surface area contributed by atoms with Crippen LogP contribution in [0.1, 0.15) is 18.5 Å². The number of hydrogen-bond acceptors (Lipinski definition) is 2. The first-order valence-corrected chi connectivity index (χ1v) is 6.94. The highest BCUT2D eigenvalue weighted by Gasteiger charge is 2.15. The summed E-state index contributed by atoms with van der Waals surface area (Å²) in [5.41, 5.74) is 2.26. The third-order valence-corrected chi connectivity index (χ3v) is 3.89. The summed E-state index contributed by atoms with van der Waals surface area (Å²) in [4.78, 5) is 4.67. The SMILES string of the molecule is Brc1ccc2nc(CC3CCNCC3)cn2c1. The van der Waals surface area contributed by atoms with E-state index in [0.717, 1.165) is 35.5 Å². The van der Waals surface area contributed by atoms with Gasteiger partial charge in [-0.3, -0.25) is 0 Å². The molecule has 3 heterocycles. The number of imidazole rings is 1. The Bertz CT molecular complexity index is 514. The molecule has 0 unspecified atom stereocenters. The molecular weight excluding hydrogens is 278 g/mol. The lowest BCUT2D eigenvalue weighted by Gasteiger charge is -2.21. The van der Waals surface area contributed by atoms with Crippen molar-refractivity contribution in [3.63, 3.8) is 0 Å². The zero-order valence-electron chi connectivity index (χ0n) is 9.69. The predicted octanol–water partition coefficient (Wildman–Crippen LogP) is 2.64. The highest BCUT2D eigenvalue weighted by molar-refractivity contribution is 9.10. The van der Waals surface area contributed by atoms with Gasteiger partial charge in [-0.05, 0) is 66.3 Å². The van der Waals surface area contributed by atoms with E-state index in [2.05, 4.69) is 49.1 Å². The van der Waals surface area contributed by atoms with Crippen molar-refractivity contribution in [2.45, 2.75) is 19.3 Å². The Hall–Kier alpha value is -0.870. The smallest absolute Gasteiger partial charge is 0.137 e. The van der Waals surface area contributed by atoms with Gasteiger partial charge in [0.25, 0.3) is 0 Å². The minimum absolute atomic E-state index is 0.796. The molecule has 0 amide bonds. The van der Waals surface area contributed by atoms with Crippen LogP contribution in [-0.4, -0.2) is 22.5 Å². The van der Waals surface area contributed by atoms with E-state index in [4.69, 9.17) is 0 Å². The molecule has 2 aromatic heterocycles. The highest BCUT2D eigenvalue weighted by Crippen LogP contribution is 2.19. The number of fused-ring (bicyclic) bond motifs is 1. The van der Waals surface area contributed by atoms with Crippen LogP contribution in [0.2, 0.25) is 0 Å². The Morgan fingerprint density at radius 3 is 2.94 bits per heavy atom. The molecule has 0 saturated carbocycles. The summed E-state index contributed by atoms with van der Waals surface area (Å²) < 4.78 is 3.19. The molecule has 0 spiro atoms. The van der Waals surface area contributed by atoms with Crippen molar-refractivity contribution in [1.29, 1.82) is 0 Å². The van der Waals surface area contributed by atoms with Crippen LogP contribution in [-0.2, 0) is 6.42 Å². The van der Waals surface area contributed by atoms with E-state index < -0.39 is 0 Å². The van der Waals surface area contributed by atoms with Gasteiger partial charge < -0.3 is 9.72 Å². The first kappa shape index (κ1) is 11.2. The standard InChI is InChI=1S/C13H16BrN3/c14-11-1-2-13-16-12(9-17(13)8-11)7-10-3-5-15-6-4-10/h1-2,8-10,15H,3-7H2. The third kappa shape index (κ3) is 2.53. The van der Waals surface area contributed by atoms with Crippen LogP contribution in [0.5, 0.6) is 0 Å². The van der Waals surface area contributed by atoms with E-state index in [9.17, 15) is 0 Å². The Morgan fingerprint density at radius 2 is 2.12 bits per heavy atom. The van der Waals surface area contributed by atoms with Gasteiger partial charge in [0.2, 0.25) is 0 Å². The Labute approximate surface area is 109 Å². The second kappa shape index (κ2) is 4.78. The summed E-state index contributed by atoms with van der Waals surface area (Å²) in [6.45, 7) is 2.31. The van der Waals surface area contributed by atoms with Crippen LogP contribution in [0.4, 0.5) is 0 Å². The maximum atomic E-state index is 4.67. The molecule has 4 heteroatoms. The summed E-state index contributed by atoms with van der Waals surface area (Å²) in [7, 11) is 0. The average molecular weight is 294 g/mol. The maximum Gasteiger partial charge on any atom is 0.137 e. The van der Waals surface area contributed by atoms with Gasteiger partial charge in [0.15, 0.2) is 0 Å². The van der Waals surface area contributed by atoms with Gasteiger partial charge in [-0.15, -0.1) is 0 Å². The summed E-state index contributed by atoms with van der Waals surface area (Å²) in [6.07, 6.45) is 7.88. The minimum Gasteiger partial charge on any atom is -0.317 e. The highest BCUT2D eigenvalue weighted by atomic mass is 79.9. The molecule has 2 aromatic rings. The van der Waals surface area contributed by atoms with Crippen molar-refractivity contribution in [1.82, 2.24) is 14.7 Å². The molecule has 0 bridgehead atoms. The van der Waals surface area contributed by atoms with Crippen molar-refractivity contribution in [3.05, 3.63) is 34.7 Å². The lowest BCUT2D eigenvalue weighted by atomic mass is 9.93. The number of aromatic nitrogens is 2. The van der Waals surface area contributed by atoms with Crippen LogP contribution in [0.3, 0.4) is 0 Å². The van der Waals surface area contributed by atoms with Gasteiger partial charge in [-0.25, -0.2) is 4.98 Å². The summed E-state index contributed by atoms with van der Waals surface area (Å²) in [5, 5.41) is 3.40. The van der Waals surface area contributed by atoms with Crippen LogP contribution in [0, 0.1) is 5.92 Å². The monoisotopic (exact) mass is 293 g/mol. The van der Waals surface area contributed by atoms with Crippen molar-refractivity contribution in [3.8, 4) is 0 Å². The number of nitrogens with one attached hydrogen (secondary N) is 1. The van der Waals surface area contributed by atoms with Crippen LogP contribution in [0.15, 0.2) is 29.0 Å². The summed E-state index contributed by atoms with van der Waals surface area (Å²) >= 11 is 3.48. The fourth-order valence-electron chi connectivity index (χ4n) is 2.50. The van der Waals surface area contributed by atoms with Crippen molar-refractivity contribution < 1.29 is 0 Å². The fourth-order valence-corrected chi connectivity index (χ4v) is 2.85. The molecule has 0 aromatic carbocycles. The maximum absolute atomic E-state index is 4.67. The lowest BCUT2D eigenvalue weighted by molar-refractivity contribution is 0.370. The lowest BCUT2D eigenvalue weighted by Crippen LogP contribution is -2.28. The van der Waals surface area contributed by atoms with E-state index >= 15 is 0 Å². The van der Waals surface area contributed by atoms with E-state index in [1.807, 2.05) is 6.07 Å². The predicted molar refractivity (Wildman–Crippen MR) is 72.2 cm³/mol. The van der Waals surface area contributed by atoms with Gasteiger partial charge >= 0.3 is 0 Å². The zero-order valence-corrected chi connectivity index (χ0v) is 11.3. The molecular formula is C13H16BrN3. The first-order valence-electron chi connectivity index (χ1n) is 6.15. The number of pyridine rings is 1. The van der Waals surface area contributed by atoms with Crippen LogP contribution in [0.25, 0.3) is 5.65 Å². The topological polar surface area (TPSA) is 29.3 Å². The Kier molecular flexibility index (Phi) is 3.16. The van der Waals surface area contributed by atoms with Crippen molar-refractivity contribution >= 4 is 21.6 Å². The van der Waals surface area contributed by atoms with E-state index in [-0.39, 0.29) is 0 Å². The molecule has 3 nitrogen and oxygen atoms in total. The summed E-state index contributed by atoms with van der Waals surface area (Å²) in [6, 6.07) is 4.09. The quantitative estimate of drug-likeness (QED) is 0.922. The first-order chi connectivity index (χ1) is 8.31. The number of nitrogens with zero attached hydrogens (tertiary/aromatic N) is 2. The van der Waals surface area contributed by atoms with Crippen LogP contribution >= 0.6 is 15.9 Å². The molecule has 0 atom stereocenters. The van der Waals surface area contributed by atoms with E-state index in [1.165, 1.54) is 18.5 Å². The second-order valence-corrected chi connectivity index (χ2v) is 5.66. The molecule has 1 aliphatic heterocycles. The number of hydrogen-bond donors (Lipinski definition) is 1. The molecule has 90 valence electrons. The summed E-state index contributed by atoms with van der Waals surface area (Å²) in [5.74, 6) is 0.796. The van der Waals surface area contributed by atoms with E-state index in [1.54, 1.807) is 0 Å². The molecule has 1 saturated heterocycles. The third-order valence-electron chi connectivity index (χ3n) is 3.42. The molecule has 0 radical (unpaired) electrons. The molecule has 17 heavy (non-hydrogen) atoms. The zero-order chi connectivity index (χ0) is 11.7. The van der Waals surface area contributed by atoms with Crippen molar-refractivity contribution in [2.24, 2.45) is 5.92 Å². The van der Waals surface area contributed by atoms with E-state index in [0.29, 0.717) is 0 Å².